The van der Waals surface area contributed by atoms with Crippen molar-refractivity contribution in [3.63, 3.8) is 0 Å². The second kappa shape index (κ2) is 5.74. The summed E-state index contributed by atoms with van der Waals surface area (Å²) in [5.41, 5.74) is 0.415. The molecular weight excluding hydrogens is 352 g/mol. The van der Waals surface area contributed by atoms with Crippen molar-refractivity contribution in [1.29, 1.82) is 0 Å². The number of hydrogen-bond donors (Lipinski definition) is 1. The Morgan fingerprint density at radius 2 is 2.04 bits per heavy atom. The average Bonchev–Trinajstić information content (AvgIpc) is 2.92. The lowest BCUT2D eigenvalue weighted by atomic mass is 9.48. The Bertz CT molecular complexity index is 820. The van der Waals surface area contributed by atoms with Crippen LogP contribution in [0.5, 0.6) is 0 Å². The second-order valence-corrected chi connectivity index (χ2v) is 9.02. The molecule has 1 N–H and O–H groups in total. The van der Waals surface area contributed by atoms with E-state index < -0.39 is 17.4 Å². The third-order valence-electron chi connectivity index (χ3n) is 7.29. The van der Waals surface area contributed by atoms with Crippen molar-refractivity contribution in [2.45, 2.75) is 39.5 Å². The van der Waals surface area contributed by atoms with Crippen molar-refractivity contribution in [1.82, 2.24) is 0 Å². The van der Waals surface area contributed by atoms with E-state index in [4.69, 9.17) is 11.6 Å². The fourth-order valence-corrected chi connectivity index (χ4v) is 6.43. The van der Waals surface area contributed by atoms with E-state index >= 15 is 0 Å². The molecule has 0 saturated heterocycles. The topological polar surface area (TPSA) is 71.4 Å². The van der Waals surface area contributed by atoms with Crippen molar-refractivity contribution >= 4 is 29.0 Å². The SMILES string of the molecule is C[C@]12CCC(=O)C=C1C(Cl)=C[C@@H]1[C@@H]2C(=O)C[C@]2(C)C(C(=O)CO)=CC[C@@H]12. The van der Waals surface area contributed by atoms with Gasteiger partial charge < -0.3 is 5.11 Å². The Hall–Kier alpha value is -1.52. The molecular formula is C21H23ClO4. The first kappa shape index (κ1) is 17.9. The van der Waals surface area contributed by atoms with Crippen LogP contribution in [0.1, 0.15) is 39.5 Å². The summed E-state index contributed by atoms with van der Waals surface area (Å²) in [5.74, 6) is -0.240. The van der Waals surface area contributed by atoms with E-state index in [0.29, 0.717) is 36.3 Å². The van der Waals surface area contributed by atoms with Gasteiger partial charge in [0.1, 0.15) is 12.4 Å². The molecule has 5 heteroatoms. The molecule has 0 amide bonds. The summed E-state index contributed by atoms with van der Waals surface area (Å²) in [5, 5.41) is 9.88. The number of halogens is 1. The number of allylic oxidation sites excluding steroid dienone is 5. The highest BCUT2D eigenvalue weighted by Gasteiger charge is 2.61. The smallest absolute Gasteiger partial charge is 0.184 e. The number of carbonyl (C=O) groups excluding carboxylic acids is 3. The maximum absolute atomic E-state index is 13.3. The van der Waals surface area contributed by atoms with E-state index in [-0.39, 0.29) is 35.1 Å². The minimum absolute atomic E-state index is 0.0515. The first-order valence-corrected chi connectivity index (χ1v) is 9.60. The number of aliphatic hydroxyl groups is 1. The van der Waals surface area contributed by atoms with Gasteiger partial charge in [0.15, 0.2) is 11.6 Å². The Balaban J connectivity index is 1.82. The summed E-state index contributed by atoms with van der Waals surface area (Å²) in [6.07, 6.45) is 7.55. The van der Waals surface area contributed by atoms with Gasteiger partial charge in [-0.25, -0.2) is 0 Å². The lowest BCUT2D eigenvalue weighted by Gasteiger charge is -2.54. The second-order valence-electron chi connectivity index (χ2n) is 8.61. The van der Waals surface area contributed by atoms with E-state index in [1.54, 1.807) is 6.08 Å². The zero-order valence-electron chi connectivity index (χ0n) is 15.0. The molecule has 4 aliphatic carbocycles. The van der Waals surface area contributed by atoms with Gasteiger partial charge in [0.2, 0.25) is 0 Å². The molecule has 0 radical (unpaired) electrons. The fraction of sp³-hybridized carbons (Fsp3) is 0.571. The molecule has 0 aromatic heterocycles. The van der Waals surface area contributed by atoms with Gasteiger partial charge in [0, 0.05) is 40.2 Å². The molecule has 0 aromatic carbocycles. The van der Waals surface area contributed by atoms with Gasteiger partial charge in [0.05, 0.1) is 0 Å². The van der Waals surface area contributed by atoms with Crippen molar-refractivity contribution in [3.8, 4) is 0 Å². The van der Waals surface area contributed by atoms with Gasteiger partial charge in [-0.3, -0.25) is 14.4 Å². The minimum Gasteiger partial charge on any atom is -0.388 e. The largest absolute Gasteiger partial charge is 0.388 e. The van der Waals surface area contributed by atoms with Crippen molar-refractivity contribution in [2.75, 3.05) is 6.61 Å². The van der Waals surface area contributed by atoms with E-state index in [2.05, 4.69) is 6.92 Å². The molecule has 1 saturated carbocycles. The molecule has 26 heavy (non-hydrogen) atoms. The Kier molecular flexibility index (Phi) is 3.94. The van der Waals surface area contributed by atoms with Gasteiger partial charge in [-0.2, -0.15) is 0 Å². The summed E-state index contributed by atoms with van der Waals surface area (Å²) in [4.78, 5) is 37.4. The summed E-state index contributed by atoms with van der Waals surface area (Å²) in [6.45, 7) is 3.50. The number of hydrogen-bond acceptors (Lipinski definition) is 4. The normalized spacial score (nSPS) is 41.5. The first-order valence-electron chi connectivity index (χ1n) is 9.22. The summed E-state index contributed by atoms with van der Waals surface area (Å²) in [6, 6.07) is 0. The van der Waals surface area contributed by atoms with Gasteiger partial charge in [-0.1, -0.05) is 37.6 Å². The molecule has 0 heterocycles. The molecule has 0 spiro atoms. The van der Waals surface area contributed by atoms with Crippen LogP contribution in [-0.4, -0.2) is 29.1 Å². The van der Waals surface area contributed by atoms with Gasteiger partial charge in [-0.15, -0.1) is 0 Å². The molecule has 0 bridgehead atoms. The standard InChI is InChI=1S/C21H23ClO4/c1-20-6-5-11(24)7-15(20)16(22)8-12-13-3-4-14(18(26)10-23)21(13,2)9-17(25)19(12)20/h4,7-8,12-13,19,23H,3,5-6,9-10H2,1-2H3/t12-,13-,19+,20-,21-/m0/s1. The average molecular weight is 375 g/mol. The zero-order valence-corrected chi connectivity index (χ0v) is 15.8. The van der Waals surface area contributed by atoms with Crippen LogP contribution in [0.3, 0.4) is 0 Å². The highest BCUT2D eigenvalue weighted by molar-refractivity contribution is 6.32. The number of aliphatic hydroxyl groups excluding tert-OH is 1. The molecule has 1 fully saturated rings. The number of ketones is 3. The van der Waals surface area contributed by atoms with Gasteiger partial charge in [0.25, 0.3) is 0 Å². The van der Waals surface area contributed by atoms with Crippen LogP contribution in [0.4, 0.5) is 0 Å². The first-order chi connectivity index (χ1) is 12.2. The van der Waals surface area contributed by atoms with Crippen LogP contribution < -0.4 is 0 Å². The third-order valence-corrected chi connectivity index (χ3v) is 7.61. The molecule has 0 aliphatic heterocycles. The molecule has 4 aliphatic rings. The van der Waals surface area contributed by atoms with Gasteiger partial charge >= 0.3 is 0 Å². The maximum atomic E-state index is 13.3. The number of Topliss-reactive ketones (excluding diaryl/α,β-unsaturated/α-hetero) is 2. The van der Waals surface area contributed by atoms with Crippen LogP contribution in [0.2, 0.25) is 0 Å². The molecule has 4 rings (SSSR count). The Labute approximate surface area is 158 Å². The highest BCUT2D eigenvalue weighted by Crippen LogP contribution is 2.64. The lowest BCUT2D eigenvalue weighted by molar-refractivity contribution is -0.139. The quantitative estimate of drug-likeness (QED) is 0.806. The summed E-state index contributed by atoms with van der Waals surface area (Å²) >= 11 is 6.58. The monoisotopic (exact) mass is 374 g/mol. The summed E-state index contributed by atoms with van der Waals surface area (Å²) in [7, 11) is 0. The number of carbonyl (C=O) groups is 3. The van der Waals surface area contributed by atoms with Crippen molar-refractivity contribution in [2.24, 2.45) is 28.6 Å². The molecule has 138 valence electrons. The number of rotatable bonds is 2. The molecule has 0 aromatic rings. The maximum Gasteiger partial charge on any atom is 0.184 e. The van der Waals surface area contributed by atoms with Crippen molar-refractivity contribution < 1.29 is 19.5 Å². The molecule has 4 nitrogen and oxygen atoms in total. The van der Waals surface area contributed by atoms with Crippen LogP contribution in [0.25, 0.3) is 0 Å². The van der Waals surface area contributed by atoms with E-state index in [1.165, 1.54) is 0 Å². The van der Waals surface area contributed by atoms with Crippen LogP contribution in [0, 0.1) is 28.6 Å². The van der Waals surface area contributed by atoms with Crippen LogP contribution in [0.15, 0.2) is 34.4 Å². The number of fused-ring (bicyclic) bond motifs is 5. The van der Waals surface area contributed by atoms with E-state index in [0.717, 1.165) is 5.57 Å². The predicted molar refractivity (Wildman–Crippen MR) is 97.4 cm³/mol. The minimum atomic E-state index is -0.548. The molecule has 5 atom stereocenters. The highest BCUT2D eigenvalue weighted by atomic mass is 35.5. The zero-order chi connectivity index (χ0) is 18.9. The Morgan fingerprint density at radius 3 is 2.73 bits per heavy atom. The predicted octanol–water partition coefficient (Wildman–Crippen LogP) is 3.14. The third kappa shape index (κ3) is 2.21. The Morgan fingerprint density at radius 1 is 1.31 bits per heavy atom. The summed E-state index contributed by atoms with van der Waals surface area (Å²) < 4.78 is 0. The van der Waals surface area contributed by atoms with Crippen LogP contribution in [-0.2, 0) is 14.4 Å². The van der Waals surface area contributed by atoms with Crippen molar-refractivity contribution in [3.05, 3.63) is 34.4 Å². The van der Waals surface area contributed by atoms with Gasteiger partial charge in [-0.05, 0) is 36.3 Å². The lowest BCUT2D eigenvalue weighted by Crippen LogP contribution is -2.54. The van der Waals surface area contributed by atoms with E-state index in [1.807, 2.05) is 19.1 Å². The fourth-order valence-electron chi connectivity index (χ4n) is 6.01. The van der Waals surface area contributed by atoms with E-state index in [9.17, 15) is 19.5 Å². The van der Waals surface area contributed by atoms with Crippen LogP contribution >= 0.6 is 11.6 Å². The molecule has 0 unspecified atom stereocenters.